The maximum absolute atomic E-state index is 12.2. The lowest BCUT2D eigenvalue weighted by Gasteiger charge is -2.26. The fourth-order valence-corrected chi connectivity index (χ4v) is 3.83. The van der Waals surface area contributed by atoms with Gasteiger partial charge >= 0.3 is 5.97 Å². The normalized spacial score (nSPS) is 25.7. The standard InChI is InChI=1S/C18H22O4S/c1-13-6-9-15(10-7-13)23(21)12-4-5-14-8-11-16(19)18(14,2)17(20)22-3/h4,6-7,9-10,12,14H,5,8,11H2,1-3H3/b12-4+/t14-,18+,23-/m1/s1. The summed E-state index contributed by atoms with van der Waals surface area (Å²) in [5.41, 5.74) is 0.0396. The lowest BCUT2D eigenvalue weighted by Crippen LogP contribution is -2.38. The zero-order chi connectivity index (χ0) is 17.0. The number of Topliss-reactive ketones (excluding diaryl/α,β-unsaturated/α-hetero) is 1. The molecule has 5 heteroatoms. The van der Waals surface area contributed by atoms with Gasteiger partial charge in [-0.15, -0.1) is 0 Å². The van der Waals surface area contributed by atoms with Crippen LogP contribution < -0.4 is 0 Å². The van der Waals surface area contributed by atoms with Crippen LogP contribution in [0.2, 0.25) is 0 Å². The Bertz CT molecular complexity index is 647. The third-order valence-corrected chi connectivity index (χ3v) is 5.80. The summed E-state index contributed by atoms with van der Waals surface area (Å²) in [7, 11) is 0.0847. The van der Waals surface area contributed by atoms with Gasteiger partial charge < -0.3 is 4.74 Å². The van der Waals surface area contributed by atoms with Crippen LogP contribution in [0, 0.1) is 18.3 Å². The van der Waals surface area contributed by atoms with Crippen molar-refractivity contribution in [3.8, 4) is 0 Å². The molecule has 1 aromatic rings. The van der Waals surface area contributed by atoms with Crippen molar-refractivity contribution in [3.05, 3.63) is 41.3 Å². The van der Waals surface area contributed by atoms with Gasteiger partial charge in [-0.05, 0) is 44.7 Å². The molecule has 0 unspecified atom stereocenters. The van der Waals surface area contributed by atoms with Crippen LogP contribution in [0.5, 0.6) is 0 Å². The van der Waals surface area contributed by atoms with E-state index in [0.717, 1.165) is 10.5 Å². The van der Waals surface area contributed by atoms with Crippen molar-refractivity contribution in [1.82, 2.24) is 0 Å². The Morgan fingerprint density at radius 1 is 1.39 bits per heavy atom. The van der Waals surface area contributed by atoms with Gasteiger partial charge in [0.25, 0.3) is 0 Å². The third kappa shape index (κ3) is 3.61. The molecule has 0 radical (unpaired) electrons. The van der Waals surface area contributed by atoms with E-state index in [0.29, 0.717) is 19.3 Å². The van der Waals surface area contributed by atoms with E-state index in [1.165, 1.54) is 7.11 Å². The van der Waals surface area contributed by atoms with Crippen LogP contribution >= 0.6 is 0 Å². The van der Waals surface area contributed by atoms with Crippen LogP contribution in [0.1, 0.15) is 31.7 Å². The topological polar surface area (TPSA) is 60.4 Å². The van der Waals surface area contributed by atoms with E-state index in [-0.39, 0.29) is 11.7 Å². The largest absolute Gasteiger partial charge is 0.468 e. The first-order chi connectivity index (χ1) is 10.9. The van der Waals surface area contributed by atoms with E-state index < -0.39 is 22.2 Å². The van der Waals surface area contributed by atoms with E-state index in [2.05, 4.69) is 0 Å². The molecule has 0 aliphatic heterocycles. The Morgan fingerprint density at radius 3 is 2.65 bits per heavy atom. The molecule has 3 atom stereocenters. The number of ether oxygens (including phenoxy) is 1. The SMILES string of the molecule is COC(=O)[C@]1(C)C(=O)CC[C@H]1C/C=C/[S@@](=O)c1ccc(C)cc1. The van der Waals surface area contributed by atoms with Gasteiger partial charge in [0.05, 0.1) is 17.9 Å². The molecule has 0 spiro atoms. The fraction of sp³-hybridized carbons (Fsp3) is 0.444. The molecule has 23 heavy (non-hydrogen) atoms. The smallest absolute Gasteiger partial charge is 0.319 e. The van der Waals surface area contributed by atoms with Crippen LogP contribution in [-0.4, -0.2) is 23.1 Å². The highest BCUT2D eigenvalue weighted by Gasteiger charge is 2.52. The van der Waals surface area contributed by atoms with Gasteiger partial charge in [-0.1, -0.05) is 23.8 Å². The van der Waals surface area contributed by atoms with Gasteiger partial charge in [0.1, 0.15) is 11.2 Å². The molecule has 1 fully saturated rings. The molecule has 2 rings (SSSR count). The minimum atomic E-state index is -1.22. The fourth-order valence-electron chi connectivity index (χ4n) is 2.99. The summed E-state index contributed by atoms with van der Waals surface area (Å²) in [4.78, 5) is 24.8. The summed E-state index contributed by atoms with van der Waals surface area (Å²) in [5, 5.41) is 1.63. The summed E-state index contributed by atoms with van der Waals surface area (Å²) in [6.45, 7) is 3.64. The highest BCUT2D eigenvalue weighted by atomic mass is 32.2. The second-order valence-corrected chi connectivity index (χ2v) is 7.41. The van der Waals surface area contributed by atoms with Gasteiger partial charge in [0.2, 0.25) is 0 Å². The molecule has 0 N–H and O–H groups in total. The highest BCUT2D eigenvalue weighted by molar-refractivity contribution is 7.88. The van der Waals surface area contributed by atoms with Gasteiger partial charge in [0.15, 0.2) is 0 Å². The summed E-state index contributed by atoms with van der Waals surface area (Å²) in [5.74, 6) is -0.644. The predicted octanol–water partition coefficient (Wildman–Crippen LogP) is 3.16. The molecule has 4 nitrogen and oxygen atoms in total. The first-order valence-electron chi connectivity index (χ1n) is 7.65. The Labute approximate surface area is 139 Å². The number of allylic oxidation sites excluding steroid dienone is 1. The third-order valence-electron chi connectivity index (χ3n) is 4.62. The van der Waals surface area contributed by atoms with Gasteiger partial charge in [-0.25, -0.2) is 4.21 Å². The molecular formula is C18H22O4S. The molecule has 0 aromatic heterocycles. The molecule has 0 heterocycles. The Hall–Kier alpha value is -1.75. The number of benzene rings is 1. The summed E-state index contributed by atoms with van der Waals surface area (Å²) < 4.78 is 17.0. The van der Waals surface area contributed by atoms with Gasteiger partial charge in [-0.3, -0.25) is 9.59 Å². The molecule has 0 saturated heterocycles. The second-order valence-electron chi connectivity index (χ2n) is 6.07. The number of carbonyl (C=O) groups is 2. The Morgan fingerprint density at radius 2 is 2.04 bits per heavy atom. The summed E-state index contributed by atoms with van der Waals surface area (Å²) in [6.07, 6.45) is 3.40. The number of esters is 1. The highest BCUT2D eigenvalue weighted by Crippen LogP contribution is 2.43. The van der Waals surface area contributed by atoms with E-state index in [1.54, 1.807) is 18.4 Å². The molecule has 1 aliphatic carbocycles. The Kier molecular flexibility index (Phi) is 5.52. The Balaban J connectivity index is 2.04. The van der Waals surface area contributed by atoms with Crippen LogP contribution in [0.15, 0.2) is 40.6 Å². The summed E-state index contributed by atoms with van der Waals surface area (Å²) >= 11 is 0. The number of hydrogen-bond acceptors (Lipinski definition) is 4. The van der Waals surface area contributed by atoms with E-state index in [1.807, 2.05) is 31.2 Å². The lowest BCUT2D eigenvalue weighted by atomic mass is 9.77. The molecule has 1 saturated carbocycles. The molecule has 1 aliphatic rings. The van der Waals surface area contributed by atoms with Gasteiger partial charge in [-0.2, -0.15) is 0 Å². The number of hydrogen-bond donors (Lipinski definition) is 0. The zero-order valence-electron chi connectivity index (χ0n) is 13.7. The van der Waals surface area contributed by atoms with Crippen molar-refractivity contribution < 1.29 is 18.5 Å². The number of methoxy groups -OCH3 is 1. The average Bonchev–Trinajstić information content (AvgIpc) is 2.84. The summed E-state index contributed by atoms with van der Waals surface area (Å²) in [6, 6.07) is 7.52. The van der Waals surface area contributed by atoms with Crippen LogP contribution in [0.3, 0.4) is 0 Å². The molecule has 0 bridgehead atoms. The van der Waals surface area contributed by atoms with E-state index in [4.69, 9.17) is 4.74 Å². The van der Waals surface area contributed by atoms with Crippen molar-refractivity contribution >= 4 is 22.6 Å². The lowest BCUT2D eigenvalue weighted by molar-refractivity contribution is -0.157. The number of rotatable bonds is 5. The van der Waals surface area contributed by atoms with Crippen molar-refractivity contribution in [1.29, 1.82) is 0 Å². The van der Waals surface area contributed by atoms with Crippen LogP contribution in [-0.2, 0) is 25.1 Å². The van der Waals surface area contributed by atoms with Crippen molar-refractivity contribution in [2.75, 3.05) is 7.11 Å². The zero-order valence-corrected chi connectivity index (χ0v) is 14.5. The average molecular weight is 334 g/mol. The van der Waals surface area contributed by atoms with E-state index in [9.17, 15) is 13.8 Å². The quantitative estimate of drug-likeness (QED) is 0.613. The number of ketones is 1. The van der Waals surface area contributed by atoms with Crippen molar-refractivity contribution in [2.45, 2.75) is 38.0 Å². The minimum absolute atomic E-state index is 0.0672. The van der Waals surface area contributed by atoms with Gasteiger partial charge in [0, 0.05) is 16.7 Å². The monoisotopic (exact) mass is 334 g/mol. The van der Waals surface area contributed by atoms with E-state index >= 15 is 0 Å². The van der Waals surface area contributed by atoms with Crippen LogP contribution in [0.4, 0.5) is 0 Å². The molecule has 0 amide bonds. The number of carbonyl (C=O) groups excluding carboxylic acids is 2. The number of aryl methyl sites for hydroxylation is 1. The van der Waals surface area contributed by atoms with Crippen LogP contribution in [0.25, 0.3) is 0 Å². The van der Waals surface area contributed by atoms with Crippen molar-refractivity contribution in [2.24, 2.45) is 11.3 Å². The maximum atomic E-state index is 12.2. The predicted molar refractivity (Wildman–Crippen MR) is 89.2 cm³/mol. The van der Waals surface area contributed by atoms with Crippen molar-refractivity contribution in [3.63, 3.8) is 0 Å². The molecular weight excluding hydrogens is 312 g/mol. The molecule has 124 valence electrons. The first kappa shape index (κ1) is 17.6. The molecule has 1 aromatic carbocycles. The minimum Gasteiger partial charge on any atom is -0.468 e. The first-order valence-corrected chi connectivity index (χ1v) is 8.86. The maximum Gasteiger partial charge on any atom is 0.319 e. The second kappa shape index (κ2) is 7.21.